The molecule has 1 aliphatic rings. The topological polar surface area (TPSA) is 59.1 Å². The third-order valence-electron chi connectivity index (χ3n) is 4.40. The fourth-order valence-electron chi connectivity index (χ4n) is 2.78. The number of hydrogen-bond donors (Lipinski definition) is 0. The Hall–Kier alpha value is -3.16. The minimum absolute atomic E-state index is 0.177. The molecule has 2 amide bonds. The fourth-order valence-corrected chi connectivity index (χ4v) is 2.78. The summed E-state index contributed by atoms with van der Waals surface area (Å²) in [5.41, 5.74) is 0.595. The molecular formula is C20H20F2N2O4. The van der Waals surface area contributed by atoms with Crippen molar-refractivity contribution in [3.63, 3.8) is 0 Å². The highest BCUT2D eigenvalue weighted by Crippen LogP contribution is 2.14. The van der Waals surface area contributed by atoms with E-state index in [0.29, 0.717) is 0 Å². The third-order valence-corrected chi connectivity index (χ3v) is 4.40. The number of piperazine rings is 1. The predicted octanol–water partition coefficient (Wildman–Crippen LogP) is 3.56. The Morgan fingerprint density at radius 1 is 0.750 bits per heavy atom. The monoisotopic (exact) mass is 390 g/mol. The molecule has 2 aromatic rings. The van der Waals surface area contributed by atoms with Gasteiger partial charge in [0.25, 0.3) is 0 Å². The Balaban J connectivity index is 1.43. The summed E-state index contributed by atoms with van der Waals surface area (Å²) in [5, 5.41) is 0. The molecule has 1 saturated heterocycles. The first kappa shape index (κ1) is 19.6. The van der Waals surface area contributed by atoms with E-state index in [1.807, 2.05) is 30.3 Å². The highest BCUT2D eigenvalue weighted by atomic mass is 19.1. The van der Waals surface area contributed by atoms with Crippen molar-refractivity contribution in [2.75, 3.05) is 26.2 Å². The molecule has 2 aromatic carbocycles. The van der Waals surface area contributed by atoms with Crippen LogP contribution in [-0.4, -0.2) is 48.2 Å². The van der Waals surface area contributed by atoms with Crippen LogP contribution in [0.2, 0.25) is 0 Å². The van der Waals surface area contributed by atoms with Crippen LogP contribution in [-0.2, 0) is 22.7 Å². The van der Waals surface area contributed by atoms with Gasteiger partial charge in [-0.15, -0.1) is 0 Å². The zero-order valence-corrected chi connectivity index (χ0v) is 15.1. The van der Waals surface area contributed by atoms with Crippen molar-refractivity contribution < 1.29 is 27.8 Å². The van der Waals surface area contributed by atoms with Crippen molar-refractivity contribution >= 4 is 12.2 Å². The molecule has 1 fully saturated rings. The average molecular weight is 390 g/mol. The minimum atomic E-state index is -0.765. The molecule has 148 valence electrons. The summed E-state index contributed by atoms with van der Waals surface area (Å²) in [6.45, 7) is 0.762. The SMILES string of the molecule is O=C(OCc1ccccc1)N1CCN(C(=O)OCc2c(F)cccc2F)CC1. The molecule has 0 radical (unpaired) electrons. The van der Waals surface area contributed by atoms with Gasteiger partial charge in [-0.25, -0.2) is 18.4 Å². The minimum Gasteiger partial charge on any atom is -0.445 e. The zero-order chi connectivity index (χ0) is 19.9. The van der Waals surface area contributed by atoms with Gasteiger partial charge in [0, 0.05) is 26.2 Å². The van der Waals surface area contributed by atoms with Crippen molar-refractivity contribution in [1.82, 2.24) is 9.80 Å². The van der Waals surface area contributed by atoms with E-state index < -0.39 is 30.4 Å². The normalized spacial score (nSPS) is 13.9. The lowest BCUT2D eigenvalue weighted by Gasteiger charge is -2.33. The van der Waals surface area contributed by atoms with Gasteiger partial charge in [-0.1, -0.05) is 36.4 Å². The second-order valence-corrected chi connectivity index (χ2v) is 6.27. The van der Waals surface area contributed by atoms with Crippen LogP contribution in [0.1, 0.15) is 11.1 Å². The van der Waals surface area contributed by atoms with E-state index >= 15 is 0 Å². The van der Waals surface area contributed by atoms with Crippen molar-refractivity contribution in [1.29, 1.82) is 0 Å². The second-order valence-electron chi connectivity index (χ2n) is 6.27. The average Bonchev–Trinajstić information content (AvgIpc) is 2.72. The van der Waals surface area contributed by atoms with Gasteiger partial charge in [-0.3, -0.25) is 0 Å². The molecule has 28 heavy (non-hydrogen) atoms. The fraction of sp³-hybridized carbons (Fsp3) is 0.300. The van der Waals surface area contributed by atoms with Gasteiger partial charge in [0.15, 0.2) is 0 Å². The Labute approximate surface area is 161 Å². The Kier molecular flexibility index (Phi) is 6.41. The van der Waals surface area contributed by atoms with Crippen molar-refractivity contribution in [2.45, 2.75) is 13.2 Å². The molecular weight excluding hydrogens is 370 g/mol. The number of rotatable bonds is 4. The summed E-state index contributed by atoms with van der Waals surface area (Å²) in [6.07, 6.45) is -1.13. The summed E-state index contributed by atoms with van der Waals surface area (Å²) in [7, 11) is 0. The number of hydrogen-bond acceptors (Lipinski definition) is 4. The molecule has 3 rings (SSSR count). The van der Waals surface area contributed by atoms with E-state index in [2.05, 4.69) is 0 Å². The van der Waals surface area contributed by atoms with Crippen LogP contribution in [0.15, 0.2) is 48.5 Å². The highest BCUT2D eigenvalue weighted by molar-refractivity contribution is 5.70. The quantitative estimate of drug-likeness (QED) is 0.801. The number of halogens is 2. The number of nitrogens with zero attached hydrogens (tertiary/aromatic N) is 2. The number of carbonyl (C=O) groups excluding carboxylic acids is 2. The largest absolute Gasteiger partial charge is 0.445 e. The molecule has 8 heteroatoms. The standard InChI is InChI=1S/C20H20F2N2O4/c21-17-7-4-8-18(22)16(17)14-28-20(26)24-11-9-23(10-12-24)19(25)27-13-15-5-2-1-3-6-15/h1-8H,9-14H2. The van der Waals surface area contributed by atoms with Crippen LogP contribution in [0.4, 0.5) is 18.4 Å². The molecule has 1 heterocycles. The van der Waals surface area contributed by atoms with E-state index in [0.717, 1.165) is 17.7 Å². The molecule has 6 nitrogen and oxygen atoms in total. The molecule has 0 unspecified atom stereocenters. The van der Waals surface area contributed by atoms with Gasteiger partial charge in [0.2, 0.25) is 0 Å². The number of ether oxygens (including phenoxy) is 2. The first-order chi connectivity index (χ1) is 13.5. The van der Waals surface area contributed by atoms with Crippen molar-refractivity contribution in [3.05, 3.63) is 71.3 Å². The molecule has 0 atom stereocenters. The van der Waals surface area contributed by atoms with E-state index in [1.54, 1.807) is 0 Å². The Morgan fingerprint density at radius 3 is 1.79 bits per heavy atom. The lowest BCUT2D eigenvalue weighted by Crippen LogP contribution is -2.50. The van der Waals surface area contributed by atoms with Crippen LogP contribution in [0, 0.1) is 11.6 Å². The van der Waals surface area contributed by atoms with Crippen molar-refractivity contribution in [2.24, 2.45) is 0 Å². The highest BCUT2D eigenvalue weighted by Gasteiger charge is 2.26. The number of benzene rings is 2. The Morgan fingerprint density at radius 2 is 1.25 bits per heavy atom. The second kappa shape index (κ2) is 9.16. The van der Waals surface area contributed by atoms with Crippen molar-refractivity contribution in [3.8, 4) is 0 Å². The van der Waals surface area contributed by atoms with Crippen LogP contribution in [0.25, 0.3) is 0 Å². The molecule has 0 aromatic heterocycles. The van der Waals surface area contributed by atoms with Gasteiger partial charge in [0.1, 0.15) is 24.8 Å². The summed E-state index contributed by atoms with van der Waals surface area (Å²) in [4.78, 5) is 27.1. The summed E-state index contributed by atoms with van der Waals surface area (Å²) < 4.78 is 37.4. The molecule has 0 N–H and O–H groups in total. The van der Waals surface area contributed by atoms with E-state index in [1.165, 1.54) is 15.9 Å². The number of amides is 2. The zero-order valence-electron chi connectivity index (χ0n) is 15.1. The first-order valence-corrected chi connectivity index (χ1v) is 8.85. The number of carbonyl (C=O) groups is 2. The summed E-state index contributed by atoms with van der Waals surface area (Å²) in [6, 6.07) is 12.8. The van der Waals surface area contributed by atoms with Gasteiger partial charge in [-0.2, -0.15) is 0 Å². The van der Waals surface area contributed by atoms with Crippen LogP contribution in [0.3, 0.4) is 0 Å². The Bertz CT molecular complexity index is 804. The smallest absolute Gasteiger partial charge is 0.410 e. The maximum atomic E-state index is 13.6. The van der Waals surface area contributed by atoms with Gasteiger partial charge >= 0.3 is 12.2 Å². The van der Waals surface area contributed by atoms with Crippen LogP contribution >= 0.6 is 0 Å². The van der Waals surface area contributed by atoms with E-state index in [-0.39, 0.29) is 38.3 Å². The lowest BCUT2D eigenvalue weighted by atomic mass is 10.2. The lowest BCUT2D eigenvalue weighted by molar-refractivity contribution is 0.0550. The summed E-state index contributed by atoms with van der Waals surface area (Å²) >= 11 is 0. The molecule has 1 aliphatic heterocycles. The summed E-state index contributed by atoms with van der Waals surface area (Å²) in [5.74, 6) is -1.53. The van der Waals surface area contributed by atoms with Gasteiger partial charge in [0.05, 0.1) is 5.56 Å². The molecule has 0 saturated carbocycles. The van der Waals surface area contributed by atoms with Crippen LogP contribution < -0.4 is 0 Å². The van der Waals surface area contributed by atoms with Crippen LogP contribution in [0.5, 0.6) is 0 Å². The molecule has 0 bridgehead atoms. The van der Waals surface area contributed by atoms with Gasteiger partial charge < -0.3 is 19.3 Å². The first-order valence-electron chi connectivity index (χ1n) is 8.85. The van der Waals surface area contributed by atoms with E-state index in [4.69, 9.17) is 9.47 Å². The third kappa shape index (κ3) is 4.97. The maximum Gasteiger partial charge on any atom is 0.410 e. The van der Waals surface area contributed by atoms with E-state index in [9.17, 15) is 18.4 Å². The van der Waals surface area contributed by atoms with Gasteiger partial charge in [-0.05, 0) is 17.7 Å². The predicted molar refractivity (Wildman–Crippen MR) is 96.3 cm³/mol. The maximum absolute atomic E-state index is 13.6. The molecule has 0 aliphatic carbocycles. The molecule has 0 spiro atoms.